The van der Waals surface area contributed by atoms with Gasteiger partial charge in [0.25, 0.3) is 0 Å². The second-order valence-corrected chi connectivity index (χ2v) is 3.93. The summed E-state index contributed by atoms with van der Waals surface area (Å²) in [6.07, 6.45) is 1.74. The van der Waals surface area contributed by atoms with Gasteiger partial charge in [0.15, 0.2) is 5.78 Å². The molecule has 0 N–H and O–H groups in total. The fourth-order valence-corrected chi connectivity index (χ4v) is 1.74. The molecule has 0 bridgehead atoms. The van der Waals surface area contributed by atoms with Crippen LogP contribution in [0.2, 0.25) is 0 Å². The smallest absolute Gasteiger partial charge is 0.182 e. The van der Waals surface area contributed by atoms with Crippen molar-refractivity contribution in [2.24, 2.45) is 0 Å². The molecule has 1 heterocycles. The van der Waals surface area contributed by atoms with Crippen LogP contribution >= 0.6 is 0 Å². The number of aromatic nitrogens is 1. The standard InChI is InChI=1S/C15H12N2O/c16-11-13(12-6-2-1-3-7-12)10-15(18)14-8-4-5-9-17-14/h1-9,13H,10H2. The fraction of sp³-hybridized carbons (Fsp3) is 0.133. The van der Waals surface area contributed by atoms with E-state index in [0.717, 1.165) is 5.56 Å². The molecule has 0 radical (unpaired) electrons. The summed E-state index contributed by atoms with van der Waals surface area (Å²) >= 11 is 0. The van der Waals surface area contributed by atoms with Crippen molar-refractivity contribution in [1.82, 2.24) is 4.98 Å². The van der Waals surface area contributed by atoms with Crippen molar-refractivity contribution in [2.45, 2.75) is 12.3 Å². The minimum absolute atomic E-state index is 0.106. The highest BCUT2D eigenvalue weighted by Gasteiger charge is 2.17. The fourth-order valence-electron chi connectivity index (χ4n) is 1.74. The van der Waals surface area contributed by atoms with E-state index >= 15 is 0 Å². The van der Waals surface area contributed by atoms with Gasteiger partial charge in [-0.3, -0.25) is 9.78 Å². The Hall–Kier alpha value is -2.47. The Balaban J connectivity index is 2.14. The molecule has 2 rings (SSSR count). The Morgan fingerprint density at radius 1 is 1.17 bits per heavy atom. The first-order valence-electron chi connectivity index (χ1n) is 5.70. The van der Waals surface area contributed by atoms with Crippen LogP contribution in [0.15, 0.2) is 54.7 Å². The Labute approximate surface area is 106 Å². The molecular weight excluding hydrogens is 224 g/mol. The quantitative estimate of drug-likeness (QED) is 0.767. The molecule has 0 fully saturated rings. The lowest BCUT2D eigenvalue weighted by atomic mass is 9.94. The number of carbonyl (C=O) groups excluding carboxylic acids is 1. The zero-order valence-electron chi connectivity index (χ0n) is 9.78. The van der Waals surface area contributed by atoms with Crippen molar-refractivity contribution in [3.8, 4) is 6.07 Å². The summed E-state index contributed by atoms with van der Waals surface area (Å²) in [6, 6.07) is 16.7. The summed E-state index contributed by atoms with van der Waals surface area (Å²) in [6.45, 7) is 0. The van der Waals surface area contributed by atoms with E-state index in [4.69, 9.17) is 5.26 Å². The lowest BCUT2D eigenvalue weighted by Crippen LogP contribution is -2.07. The molecule has 0 amide bonds. The van der Waals surface area contributed by atoms with Gasteiger partial charge in [0.2, 0.25) is 0 Å². The molecule has 0 saturated carbocycles. The number of hydrogen-bond acceptors (Lipinski definition) is 3. The van der Waals surface area contributed by atoms with Gasteiger partial charge in [-0.2, -0.15) is 5.26 Å². The van der Waals surface area contributed by atoms with Gasteiger partial charge >= 0.3 is 0 Å². The van der Waals surface area contributed by atoms with Crippen molar-refractivity contribution < 1.29 is 4.79 Å². The van der Waals surface area contributed by atoms with E-state index in [-0.39, 0.29) is 12.2 Å². The third kappa shape index (κ3) is 2.80. The monoisotopic (exact) mass is 236 g/mol. The number of nitriles is 1. The number of nitrogens with zero attached hydrogens (tertiary/aromatic N) is 2. The van der Waals surface area contributed by atoms with Crippen molar-refractivity contribution in [2.75, 3.05) is 0 Å². The van der Waals surface area contributed by atoms with Crippen LogP contribution in [0, 0.1) is 11.3 Å². The first kappa shape index (κ1) is 12.0. The lowest BCUT2D eigenvalue weighted by molar-refractivity contribution is 0.0974. The average molecular weight is 236 g/mol. The summed E-state index contributed by atoms with van der Waals surface area (Å²) in [7, 11) is 0. The molecule has 2 aromatic rings. The number of rotatable bonds is 4. The molecule has 3 nitrogen and oxygen atoms in total. The minimum atomic E-state index is -0.416. The van der Waals surface area contributed by atoms with Crippen LogP contribution in [0.4, 0.5) is 0 Å². The van der Waals surface area contributed by atoms with Crippen molar-refractivity contribution in [3.05, 3.63) is 66.0 Å². The van der Waals surface area contributed by atoms with Crippen molar-refractivity contribution in [1.29, 1.82) is 5.26 Å². The van der Waals surface area contributed by atoms with E-state index in [1.807, 2.05) is 30.3 Å². The maximum Gasteiger partial charge on any atom is 0.182 e. The van der Waals surface area contributed by atoms with Gasteiger partial charge in [-0.1, -0.05) is 36.4 Å². The molecular formula is C15H12N2O. The second-order valence-electron chi connectivity index (χ2n) is 3.93. The molecule has 1 unspecified atom stereocenters. The van der Waals surface area contributed by atoms with Gasteiger partial charge in [-0.15, -0.1) is 0 Å². The number of pyridine rings is 1. The molecule has 1 aromatic carbocycles. The van der Waals surface area contributed by atoms with E-state index in [9.17, 15) is 4.79 Å². The predicted molar refractivity (Wildman–Crippen MR) is 68.0 cm³/mol. The summed E-state index contributed by atoms with van der Waals surface area (Å²) in [4.78, 5) is 16.0. The van der Waals surface area contributed by atoms with E-state index in [1.165, 1.54) is 0 Å². The second kappa shape index (κ2) is 5.74. The van der Waals surface area contributed by atoms with Gasteiger partial charge in [0.05, 0.1) is 12.0 Å². The predicted octanol–water partition coefficient (Wildman–Crippen LogP) is 2.96. The van der Waals surface area contributed by atoms with Gasteiger partial charge in [0, 0.05) is 12.6 Å². The molecule has 3 heteroatoms. The van der Waals surface area contributed by atoms with Crippen molar-refractivity contribution >= 4 is 5.78 Å². The molecule has 0 aliphatic carbocycles. The minimum Gasteiger partial charge on any atom is -0.292 e. The topological polar surface area (TPSA) is 53.8 Å². The molecule has 0 spiro atoms. The third-order valence-electron chi connectivity index (χ3n) is 2.70. The number of carbonyl (C=O) groups is 1. The van der Waals surface area contributed by atoms with Gasteiger partial charge in [0.1, 0.15) is 5.69 Å². The Morgan fingerprint density at radius 2 is 1.89 bits per heavy atom. The first-order chi connectivity index (χ1) is 8.81. The third-order valence-corrected chi connectivity index (χ3v) is 2.70. The van der Waals surface area contributed by atoms with Gasteiger partial charge in [-0.05, 0) is 17.7 Å². The van der Waals surface area contributed by atoms with Crippen LogP contribution in [0.1, 0.15) is 28.4 Å². The average Bonchev–Trinajstić information content (AvgIpc) is 2.46. The van der Waals surface area contributed by atoms with E-state index in [1.54, 1.807) is 24.4 Å². The molecule has 88 valence electrons. The van der Waals surface area contributed by atoms with E-state index in [2.05, 4.69) is 11.1 Å². The molecule has 0 aliphatic rings. The Bertz CT molecular complexity index is 558. The van der Waals surface area contributed by atoms with Gasteiger partial charge in [-0.25, -0.2) is 0 Å². The zero-order chi connectivity index (χ0) is 12.8. The summed E-state index contributed by atoms with van der Waals surface area (Å²) < 4.78 is 0. The van der Waals surface area contributed by atoms with Crippen LogP contribution < -0.4 is 0 Å². The normalized spacial score (nSPS) is 11.5. The Morgan fingerprint density at radius 3 is 2.50 bits per heavy atom. The number of ketones is 1. The number of Topliss-reactive ketones (excluding diaryl/α,β-unsaturated/α-hetero) is 1. The number of benzene rings is 1. The summed E-state index contributed by atoms with van der Waals surface area (Å²) in [5, 5.41) is 9.15. The zero-order valence-corrected chi connectivity index (χ0v) is 9.78. The van der Waals surface area contributed by atoms with Crippen LogP contribution in [0.5, 0.6) is 0 Å². The van der Waals surface area contributed by atoms with Crippen LogP contribution in [-0.4, -0.2) is 10.8 Å². The van der Waals surface area contributed by atoms with Crippen LogP contribution in [0.25, 0.3) is 0 Å². The first-order valence-corrected chi connectivity index (χ1v) is 5.70. The van der Waals surface area contributed by atoms with Gasteiger partial charge < -0.3 is 0 Å². The highest BCUT2D eigenvalue weighted by molar-refractivity contribution is 5.94. The SMILES string of the molecule is N#CC(CC(=O)c1ccccn1)c1ccccc1. The molecule has 0 aliphatic heterocycles. The maximum absolute atomic E-state index is 12.0. The summed E-state index contributed by atoms with van der Waals surface area (Å²) in [5.41, 5.74) is 1.28. The largest absolute Gasteiger partial charge is 0.292 e. The molecule has 1 aromatic heterocycles. The van der Waals surface area contributed by atoms with Crippen LogP contribution in [0.3, 0.4) is 0 Å². The molecule has 1 atom stereocenters. The van der Waals surface area contributed by atoms with E-state index < -0.39 is 5.92 Å². The van der Waals surface area contributed by atoms with Crippen molar-refractivity contribution in [3.63, 3.8) is 0 Å². The van der Waals surface area contributed by atoms with E-state index in [0.29, 0.717) is 5.69 Å². The highest BCUT2D eigenvalue weighted by Crippen LogP contribution is 2.20. The highest BCUT2D eigenvalue weighted by atomic mass is 16.1. The maximum atomic E-state index is 12.0. The number of hydrogen-bond donors (Lipinski definition) is 0. The lowest BCUT2D eigenvalue weighted by Gasteiger charge is -2.07. The summed E-state index contributed by atoms with van der Waals surface area (Å²) in [5.74, 6) is -0.522. The van der Waals surface area contributed by atoms with Crippen LogP contribution in [-0.2, 0) is 0 Å². The molecule has 18 heavy (non-hydrogen) atoms. The Kier molecular flexibility index (Phi) is 3.83. The molecule has 0 saturated heterocycles.